The summed E-state index contributed by atoms with van der Waals surface area (Å²) >= 11 is 1.75. The molecule has 3 N–H and O–H groups in total. The summed E-state index contributed by atoms with van der Waals surface area (Å²) in [6, 6.07) is 4.35. The largest absolute Gasteiger partial charge is 0.479 e. The zero-order valence-corrected chi connectivity index (χ0v) is 11.4. The maximum atomic E-state index is 5.92. The van der Waals surface area contributed by atoms with Crippen molar-refractivity contribution in [1.29, 1.82) is 0 Å². The molecule has 2 rings (SSSR count). The first kappa shape index (κ1) is 12.6. The van der Waals surface area contributed by atoms with Crippen molar-refractivity contribution in [3.05, 3.63) is 28.2 Å². The van der Waals surface area contributed by atoms with Gasteiger partial charge >= 0.3 is 0 Å². The van der Waals surface area contributed by atoms with Crippen molar-refractivity contribution in [1.82, 2.24) is 9.97 Å². The summed E-state index contributed by atoms with van der Waals surface area (Å²) in [7, 11) is 1.54. The molecule has 0 radical (unpaired) electrons. The third-order valence-corrected chi connectivity index (χ3v) is 3.77. The number of aromatic nitrogens is 2. The third-order valence-electron chi connectivity index (χ3n) is 2.58. The molecule has 2 heterocycles. The topological polar surface area (TPSA) is 73.1 Å². The van der Waals surface area contributed by atoms with Crippen LogP contribution >= 0.6 is 11.3 Å². The molecular weight excluding hydrogens is 248 g/mol. The van der Waals surface area contributed by atoms with Gasteiger partial charge in [-0.3, -0.25) is 0 Å². The van der Waals surface area contributed by atoms with Gasteiger partial charge in [0, 0.05) is 9.75 Å². The molecule has 0 fully saturated rings. The average molecular weight is 264 g/mol. The van der Waals surface area contributed by atoms with Crippen LogP contribution in [0, 0.1) is 6.92 Å². The Morgan fingerprint density at radius 2 is 2.17 bits per heavy atom. The Labute approximate surface area is 110 Å². The molecule has 1 unspecified atom stereocenters. The summed E-state index contributed by atoms with van der Waals surface area (Å²) in [4.78, 5) is 10.6. The number of thiophene rings is 1. The number of aryl methyl sites for hydroxylation is 1. The quantitative estimate of drug-likeness (QED) is 0.888. The zero-order chi connectivity index (χ0) is 13.1. The molecule has 0 saturated carbocycles. The fourth-order valence-electron chi connectivity index (χ4n) is 1.62. The monoisotopic (exact) mass is 264 g/mol. The van der Waals surface area contributed by atoms with E-state index in [1.54, 1.807) is 11.3 Å². The van der Waals surface area contributed by atoms with Crippen LogP contribution < -0.4 is 15.8 Å². The molecule has 0 aromatic carbocycles. The van der Waals surface area contributed by atoms with Crippen LogP contribution in [0.1, 0.15) is 22.7 Å². The first-order valence-corrected chi connectivity index (χ1v) is 6.40. The van der Waals surface area contributed by atoms with Gasteiger partial charge in [0.1, 0.15) is 12.0 Å². The van der Waals surface area contributed by atoms with Crippen LogP contribution in [0.2, 0.25) is 0 Å². The van der Waals surface area contributed by atoms with E-state index in [-0.39, 0.29) is 6.04 Å². The van der Waals surface area contributed by atoms with Gasteiger partial charge in [-0.05, 0) is 26.0 Å². The van der Waals surface area contributed by atoms with E-state index in [9.17, 15) is 0 Å². The molecule has 1 atom stereocenters. The summed E-state index contributed by atoms with van der Waals surface area (Å²) in [6.07, 6.45) is 1.43. The molecule has 0 aliphatic heterocycles. The lowest BCUT2D eigenvalue weighted by molar-refractivity contribution is 0.399. The van der Waals surface area contributed by atoms with Gasteiger partial charge in [-0.25, -0.2) is 4.98 Å². The average Bonchev–Trinajstić information content (AvgIpc) is 2.78. The van der Waals surface area contributed by atoms with Crippen LogP contribution in [-0.2, 0) is 0 Å². The van der Waals surface area contributed by atoms with Gasteiger partial charge in [0.2, 0.25) is 5.88 Å². The van der Waals surface area contributed by atoms with Crippen molar-refractivity contribution in [2.75, 3.05) is 18.2 Å². The number of hydrogen-bond donors (Lipinski definition) is 2. The van der Waals surface area contributed by atoms with Gasteiger partial charge in [-0.1, -0.05) is 0 Å². The number of rotatable bonds is 4. The van der Waals surface area contributed by atoms with Gasteiger partial charge in [0.05, 0.1) is 13.2 Å². The smallest absolute Gasteiger partial charge is 0.242 e. The van der Waals surface area contributed by atoms with Crippen LogP contribution in [0.4, 0.5) is 11.5 Å². The fraction of sp³-hybridized carbons (Fsp3) is 0.333. The highest BCUT2D eigenvalue weighted by Crippen LogP contribution is 2.29. The third kappa shape index (κ3) is 2.53. The van der Waals surface area contributed by atoms with Crippen molar-refractivity contribution >= 4 is 22.8 Å². The van der Waals surface area contributed by atoms with E-state index in [0.29, 0.717) is 17.4 Å². The molecule has 0 amide bonds. The predicted octanol–water partition coefficient (Wildman–Crippen LogP) is 2.61. The first-order valence-electron chi connectivity index (χ1n) is 5.59. The Morgan fingerprint density at radius 3 is 2.78 bits per heavy atom. The van der Waals surface area contributed by atoms with Crippen molar-refractivity contribution in [3.63, 3.8) is 0 Å². The van der Waals surface area contributed by atoms with Gasteiger partial charge < -0.3 is 15.8 Å². The van der Waals surface area contributed by atoms with E-state index in [2.05, 4.69) is 41.3 Å². The second kappa shape index (κ2) is 5.22. The highest BCUT2D eigenvalue weighted by molar-refractivity contribution is 7.12. The van der Waals surface area contributed by atoms with Crippen LogP contribution in [0.5, 0.6) is 5.88 Å². The fourth-order valence-corrected chi connectivity index (χ4v) is 2.50. The van der Waals surface area contributed by atoms with Crippen LogP contribution in [0.15, 0.2) is 18.5 Å². The lowest BCUT2D eigenvalue weighted by Gasteiger charge is -2.15. The Bertz CT molecular complexity index is 541. The minimum Gasteiger partial charge on any atom is -0.479 e. The maximum absolute atomic E-state index is 5.92. The normalized spacial score (nSPS) is 12.2. The highest BCUT2D eigenvalue weighted by Gasteiger charge is 2.13. The second-order valence-electron chi connectivity index (χ2n) is 3.96. The molecule has 5 nitrogen and oxygen atoms in total. The summed E-state index contributed by atoms with van der Waals surface area (Å²) < 4.78 is 5.06. The molecule has 2 aromatic rings. The number of nitrogen functional groups attached to an aromatic ring is 1. The zero-order valence-electron chi connectivity index (χ0n) is 10.6. The number of nitrogens with one attached hydrogen (secondary N) is 1. The molecular formula is C12H16N4OS. The number of anilines is 2. The summed E-state index contributed by atoms with van der Waals surface area (Å²) in [5, 5.41) is 3.27. The summed E-state index contributed by atoms with van der Waals surface area (Å²) in [5.74, 6) is 0.988. The second-order valence-corrected chi connectivity index (χ2v) is 5.28. The van der Waals surface area contributed by atoms with E-state index >= 15 is 0 Å². The van der Waals surface area contributed by atoms with Gasteiger partial charge in [-0.2, -0.15) is 4.98 Å². The molecule has 0 aliphatic carbocycles. The molecule has 0 aliphatic rings. The molecule has 0 spiro atoms. The standard InChI is InChI=1S/C12H16N4OS/c1-7-4-5-9(18-7)8(2)16-11-10(13)12(17-3)15-6-14-11/h4-6,8H,13H2,1-3H3,(H,14,15,16). The maximum Gasteiger partial charge on any atom is 0.242 e. The van der Waals surface area contributed by atoms with Crippen molar-refractivity contribution in [3.8, 4) is 5.88 Å². The minimum atomic E-state index is 0.144. The lowest BCUT2D eigenvalue weighted by Crippen LogP contribution is -2.10. The molecule has 2 aromatic heterocycles. The first-order chi connectivity index (χ1) is 8.61. The van der Waals surface area contributed by atoms with Crippen molar-refractivity contribution in [2.24, 2.45) is 0 Å². The van der Waals surface area contributed by atoms with E-state index < -0.39 is 0 Å². The minimum absolute atomic E-state index is 0.144. The summed E-state index contributed by atoms with van der Waals surface area (Å²) in [6.45, 7) is 4.16. The van der Waals surface area contributed by atoms with E-state index in [0.717, 1.165) is 0 Å². The highest BCUT2D eigenvalue weighted by atomic mass is 32.1. The van der Waals surface area contributed by atoms with Gasteiger partial charge in [0.15, 0.2) is 5.82 Å². The van der Waals surface area contributed by atoms with Gasteiger partial charge in [0.25, 0.3) is 0 Å². The molecule has 0 bridgehead atoms. The number of methoxy groups -OCH3 is 1. The number of nitrogens with two attached hydrogens (primary N) is 1. The Balaban J connectivity index is 2.19. The predicted molar refractivity (Wildman–Crippen MR) is 74.1 cm³/mol. The Morgan fingerprint density at radius 1 is 1.39 bits per heavy atom. The number of nitrogens with zero attached hydrogens (tertiary/aromatic N) is 2. The van der Waals surface area contributed by atoms with Crippen LogP contribution in [-0.4, -0.2) is 17.1 Å². The SMILES string of the molecule is COc1ncnc(NC(C)c2ccc(C)s2)c1N. The van der Waals surface area contributed by atoms with E-state index in [1.807, 2.05) is 0 Å². The molecule has 0 saturated heterocycles. The Kier molecular flexibility index (Phi) is 3.66. The van der Waals surface area contributed by atoms with E-state index in [1.165, 1.54) is 23.2 Å². The summed E-state index contributed by atoms with van der Waals surface area (Å²) in [5.41, 5.74) is 6.35. The van der Waals surface area contributed by atoms with E-state index in [4.69, 9.17) is 10.5 Å². The van der Waals surface area contributed by atoms with Gasteiger partial charge in [-0.15, -0.1) is 11.3 Å². The molecule has 18 heavy (non-hydrogen) atoms. The van der Waals surface area contributed by atoms with Crippen LogP contribution in [0.3, 0.4) is 0 Å². The van der Waals surface area contributed by atoms with Crippen molar-refractivity contribution in [2.45, 2.75) is 19.9 Å². The van der Waals surface area contributed by atoms with Crippen molar-refractivity contribution < 1.29 is 4.74 Å². The number of ether oxygens (including phenoxy) is 1. The Hall–Kier alpha value is -1.82. The molecule has 96 valence electrons. The number of hydrogen-bond acceptors (Lipinski definition) is 6. The molecule has 6 heteroatoms. The van der Waals surface area contributed by atoms with Crippen LogP contribution in [0.25, 0.3) is 0 Å². The lowest BCUT2D eigenvalue weighted by atomic mass is 10.2.